The van der Waals surface area contributed by atoms with Gasteiger partial charge >= 0.3 is 0 Å². The van der Waals surface area contributed by atoms with Crippen LogP contribution in [-0.4, -0.2) is 40.4 Å². The van der Waals surface area contributed by atoms with Gasteiger partial charge in [0.25, 0.3) is 0 Å². The average Bonchev–Trinajstić information content (AvgIpc) is 3.23. The number of pyridine rings is 1. The van der Waals surface area contributed by atoms with Crippen molar-refractivity contribution in [2.75, 3.05) is 5.32 Å². The smallest absolute Gasteiger partial charge is 0.247 e. The maximum absolute atomic E-state index is 12.4. The Morgan fingerprint density at radius 3 is 2.57 bits per heavy atom. The fourth-order valence-electron chi connectivity index (χ4n) is 3.65. The Balaban J connectivity index is 1.69. The summed E-state index contributed by atoms with van der Waals surface area (Å²) in [5.41, 5.74) is 4.33. The zero-order valence-electron chi connectivity index (χ0n) is 16.5. The van der Waals surface area contributed by atoms with Gasteiger partial charge in [-0.2, -0.15) is 0 Å². The molecule has 0 aromatic carbocycles. The summed E-state index contributed by atoms with van der Waals surface area (Å²) in [7, 11) is 1.89. The summed E-state index contributed by atoms with van der Waals surface area (Å²) in [6.07, 6.45) is 7.28. The number of carbonyl (C=O) groups excluding carboxylic acids is 1. The number of amides is 1. The predicted molar refractivity (Wildman–Crippen MR) is 115 cm³/mol. The fraction of sp³-hybridized carbons (Fsp3) is 0.250. The Kier molecular flexibility index (Phi) is 4.14. The Bertz CT molecular complexity index is 1320. The van der Waals surface area contributed by atoms with Crippen molar-refractivity contribution in [1.82, 2.24) is 34.5 Å². The topological polar surface area (TPSA) is 111 Å². The van der Waals surface area contributed by atoms with Gasteiger partial charge in [0.2, 0.25) is 5.91 Å². The van der Waals surface area contributed by atoms with Crippen LogP contribution in [0.25, 0.3) is 33.8 Å². The molecule has 0 radical (unpaired) electrons. The highest BCUT2D eigenvalue weighted by Gasteiger charge is 2.44. The van der Waals surface area contributed by atoms with Crippen molar-refractivity contribution in [3.8, 4) is 22.6 Å². The summed E-state index contributed by atoms with van der Waals surface area (Å²) in [5.74, 6) is 1.84. The number of halogens is 1. The first-order chi connectivity index (χ1) is 14.4. The van der Waals surface area contributed by atoms with Crippen molar-refractivity contribution in [1.29, 1.82) is 0 Å². The van der Waals surface area contributed by atoms with Crippen LogP contribution in [0.4, 0.5) is 5.82 Å². The zero-order chi connectivity index (χ0) is 21.0. The van der Waals surface area contributed by atoms with Crippen molar-refractivity contribution in [2.45, 2.75) is 24.6 Å². The minimum absolute atomic E-state index is 0.114. The van der Waals surface area contributed by atoms with Crippen molar-refractivity contribution < 1.29 is 4.79 Å². The van der Waals surface area contributed by atoms with E-state index >= 15 is 0 Å². The van der Waals surface area contributed by atoms with Gasteiger partial charge in [-0.1, -0.05) is 22.9 Å². The standard InChI is InChI=1S/C20H17BrN8O/c1-4-20(21)13-5-11(6-24-16(13)28-19(20)30)14-15-18(26-9-25-14)29(3)17(27-15)12-7-22-10(2)23-8-12/h5-9H,4H2,1-3H3,(H,24,28,30). The molecule has 1 aliphatic rings. The molecular weight excluding hydrogens is 448 g/mol. The Labute approximate surface area is 180 Å². The summed E-state index contributed by atoms with van der Waals surface area (Å²) >= 11 is 3.60. The highest BCUT2D eigenvalue weighted by molar-refractivity contribution is 9.10. The SMILES string of the molecule is CCC1(Br)C(=O)Nc2ncc(-c3ncnc4c3nc(-c3cnc(C)nc3)n4C)cc21. The number of anilines is 1. The summed E-state index contributed by atoms with van der Waals surface area (Å²) in [6.45, 7) is 3.79. The van der Waals surface area contributed by atoms with Crippen LogP contribution in [0.5, 0.6) is 0 Å². The van der Waals surface area contributed by atoms with E-state index in [9.17, 15) is 4.79 Å². The van der Waals surface area contributed by atoms with Crippen LogP contribution in [0.3, 0.4) is 0 Å². The lowest BCUT2D eigenvalue weighted by Crippen LogP contribution is -2.26. The number of imidazole rings is 1. The van der Waals surface area contributed by atoms with E-state index in [2.05, 4.69) is 46.2 Å². The summed E-state index contributed by atoms with van der Waals surface area (Å²) in [6, 6.07) is 1.93. The molecule has 1 atom stereocenters. The quantitative estimate of drug-likeness (QED) is 0.463. The van der Waals surface area contributed by atoms with Crippen molar-refractivity contribution in [3.63, 3.8) is 0 Å². The number of hydrogen-bond donors (Lipinski definition) is 1. The lowest BCUT2D eigenvalue weighted by atomic mass is 9.97. The van der Waals surface area contributed by atoms with E-state index in [4.69, 9.17) is 4.98 Å². The predicted octanol–water partition coefficient (Wildman–Crippen LogP) is 3.14. The lowest BCUT2D eigenvalue weighted by Gasteiger charge is -2.17. The molecule has 0 fully saturated rings. The third-order valence-electron chi connectivity index (χ3n) is 5.36. The minimum atomic E-state index is -0.800. The molecule has 1 aliphatic heterocycles. The Morgan fingerprint density at radius 1 is 1.10 bits per heavy atom. The van der Waals surface area contributed by atoms with Crippen LogP contribution in [0.1, 0.15) is 24.7 Å². The van der Waals surface area contributed by atoms with Gasteiger partial charge in [0.05, 0.1) is 5.56 Å². The van der Waals surface area contributed by atoms with E-state index in [1.54, 1.807) is 18.6 Å². The molecule has 150 valence electrons. The minimum Gasteiger partial charge on any atom is -0.312 e. The van der Waals surface area contributed by atoms with Crippen molar-refractivity contribution in [3.05, 3.63) is 42.4 Å². The number of nitrogens with zero attached hydrogens (tertiary/aromatic N) is 7. The second kappa shape index (κ2) is 6.63. The molecule has 1 amide bonds. The van der Waals surface area contributed by atoms with Gasteiger partial charge in [0, 0.05) is 36.8 Å². The molecule has 0 aliphatic carbocycles. The molecule has 0 saturated heterocycles. The zero-order valence-corrected chi connectivity index (χ0v) is 18.1. The molecule has 0 saturated carbocycles. The first-order valence-corrected chi connectivity index (χ1v) is 10.2. The number of fused-ring (bicyclic) bond motifs is 2. The second-order valence-electron chi connectivity index (χ2n) is 7.14. The number of aromatic nitrogens is 7. The molecule has 4 aromatic heterocycles. The molecule has 9 nitrogen and oxygen atoms in total. The van der Waals surface area contributed by atoms with E-state index < -0.39 is 4.32 Å². The van der Waals surface area contributed by atoms with Gasteiger partial charge in [0.1, 0.15) is 39.3 Å². The van der Waals surface area contributed by atoms with Crippen LogP contribution in [0, 0.1) is 6.92 Å². The first-order valence-electron chi connectivity index (χ1n) is 9.40. The van der Waals surface area contributed by atoms with Crippen molar-refractivity contribution in [2.24, 2.45) is 7.05 Å². The van der Waals surface area contributed by atoms with Gasteiger partial charge < -0.3 is 9.88 Å². The van der Waals surface area contributed by atoms with Gasteiger partial charge in [-0.3, -0.25) is 4.79 Å². The van der Waals surface area contributed by atoms with Gasteiger partial charge in [-0.25, -0.2) is 29.9 Å². The molecular formula is C20H17BrN8O. The second-order valence-corrected chi connectivity index (χ2v) is 8.49. The number of aryl methyl sites for hydroxylation is 2. The number of alkyl halides is 1. The molecule has 30 heavy (non-hydrogen) atoms. The molecule has 10 heteroatoms. The van der Waals surface area contributed by atoms with E-state index in [0.717, 1.165) is 16.7 Å². The summed E-state index contributed by atoms with van der Waals surface area (Å²) < 4.78 is 1.09. The van der Waals surface area contributed by atoms with Crippen LogP contribution >= 0.6 is 15.9 Å². The van der Waals surface area contributed by atoms with E-state index in [0.29, 0.717) is 40.7 Å². The van der Waals surface area contributed by atoms with Crippen LogP contribution in [0.2, 0.25) is 0 Å². The van der Waals surface area contributed by atoms with Crippen LogP contribution in [-0.2, 0) is 16.2 Å². The Morgan fingerprint density at radius 2 is 1.83 bits per heavy atom. The number of rotatable bonds is 3. The summed E-state index contributed by atoms with van der Waals surface area (Å²) in [5, 5.41) is 2.83. The lowest BCUT2D eigenvalue weighted by molar-refractivity contribution is -0.117. The van der Waals surface area contributed by atoms with Gasteiger partial charge in [0.15, 0.2) is 5.65 Å². The molecule has 1 unspecified atom stereocenters. The molecule has 1 N–H and O–H groups in total. The fourth-order valence-corrected chi connectivity index (χ4v) is 4.05. The molecule has 0 bridgehead atoms. The van der Waals surface area contributed by atoms with Crippen LogP contribution < -0.4 is 5.32 Å². The average molecular weight is 465 g/mol. The van der Waals surface area contributed by atoms with E-state index in [1.807, 2.05) is 31.5 Å². The molecule has 5 rings (SSSR count). The van der Waals surface area contributed by atoms with E-state index in [1.165, 1.54) is 6.33 Å². The number of carbonyl (C=O) groups is 1. The monoisotopic (exact) mass is 464 g/mol. The first kappa shape index (κ1) is 18.7. The maximum Gasteiger partial charge on any atom is 0.247 e. The molecule has 5 heterocycles. The van der Waals surface area contributed by atoms with E-state index in [-0.39, 0.29) is 5.91 Å². The number of nitrogens with one attached hydrogen (secondary N) is 1. The Hall–Kier alpha value is -3.27. The maximum atomic E-state index is 12.4. The third kappa shape index (κ3) is 2.63. The number of hydrogen-bond acceptors (Lipinski definition) is 7. The summed E-state index contributed by atoms with van der Waals surface area (Å²) in [4.78, 5) is 39.1. The third-order valence-corrected chi connectivity index (χ3v) is 6.71. The largest absolute Gasteiger partial charge is 0.312 e. The van der Waals surface area contributed by atoms with Gasteiger partial charge in [-0.15, -0.1) is 0 Å². The highest BCUT2D eigenvalue weighted by atomic mass is 79.9. The molecule has 0 spiro atoms. The highest BCUT2D eigenvalue weighted by Crippen LogP contribution is 2.45. The van der Waals surface area contributed by atoms with Gasteiger partial charge in [-0.05, 0) is 19.4 Å². The molecule has 4 aromatic rings. The van der Waals surface area contributed by atoms with Crippen molar-refractivity contribution >= 4 is 38.8 Å². The normalized spacial score (nSPS) is 17.9. The van der Waals surface area contributed by atoms with Crippen LogP contribution in [0.15, 0.2) is 31.0 Å².